The van der Waals surface area contributed by atoms with Crippen LogP contribution in [0.4, 0.5) is 0 Å². The topological polar surface area (TPSA) is 52.6 Å². The molecule has 0 unspecified atom stereocenters. The number of ether oxygens (including phenoxy) is 3. The summed E-state index contributed by atoms with van der Waals surface area (Å²) in [6, 6.07) is 17.2. The van der Waals surface area contributed by atoms with Crippen molar-refractivity contribution in [1.82, 2.24) is 10.3 Å². The minimum Gasteiger partial charge on any atom is -0.490 e. The summed E-state index contributed by atoms with van der Waals surface area (Å²) in [5.74, 6) is 2.07. The Bertz CT molecular complexity index is 957. The molecule has 2 aromatic carbocycles. The highest BCUT2D eigenvalue weighted by atomic mass is 79.9. The van der Waals surface area contributed by atoms with Gasteiger partial charge in [0.25, 0.3) is 0 Å². The van der Waals surface area contributed by atoms with E-state index in [-0.39, 0.29) is 0 Å². The van der Waals surface area contributed by atoms with Gasteiger partial charge in [-0.25, -0.2) is 4.98 Å². The smallest absolute Gasteiger partial charge is 0.213 e. The second-order valence-corrected chi connectivity index (χ2v) is 8.08. The number of nitrogens with zero attached hydrogens (tertiary/aromatic N) is 1. The number of nitrogens with one attached hydrogen (secondary N) is 1. The molecule has 31 heavy (non-hydrogen) atoms. The van der Waals surface area contributed by atoms with Crippen LogP contribution in [0.15, 0.2) is 65.3 Å². The maximum absolute atomic E-state index is 6.06. The van der Waals surface area contributed by atoms with Gasteiger partial charge < -0.3 is 19.5 Å². The monoisotopic (exact) mass is 504 g/mol. The molecule has 0 saturated heterocycles. The Morgan fingerprint density at radius 3 is 2.65 bits per heavy atom. The molecular weight excluding hydrogens is 480 g/mol. The summed E-state index contributed by atoms with van der Waals surface area (Å²) in [5, 5.41) is 4.13. The van der Waals surface area contributed by atoms with E-state index in [1.54, 1.807) is 6.20 Å². The molecule has 0 aliphatic rings. The molecule has 0 amide bonds. The second kappa shape index (κ2) is 12.5. The van der Waals surface area contributed by atoms with E-state index in [1.165, 1.54) is 0 Å². The van der Waals surface area contributed by atoms with E-state index in [2.05, 4.69) is 26.2 Å². The van der Waals surface area contributed by atoms with E-state index in [0.717, 1.165) is 34.3 Å². The third kappa shape index (κ3) is 7.73. The quantitative estimate of drug-likeness (QED) is 0.304. The zero-order chi connectivity index (χ0) is 21.9. The zero-order valence-electron chi connectivity index (χ0n) is 17.4. The number of halogens is 2. The Kier molecular flexibility index (Phi) is 9.46. The molecule has 1 N–H and O–H groups in total. The van der Waals surface area contributed by atoms with Crippen LogP contribution in [0.1, 0.15) is 24.5 Å². The molecule has 0 fully saturated rings. The Morgan fingerprint density at radius 2 is 1.87 bits per heavy atom. The Balaban J connectivity index is 1.51. The van der Waals surface area contributed by atoms with E-state index < -0.39 is 0 Å². The third-order valence-electron chi connectivity index (χ3n) is 4.40. The molecule has 0 atom stereocenters. The van der Waals surface area contributed by atoms with Gasteiger partial charge in [-0.15, -0.1) is 0 Å². The van der Waals surface area contributed by atoms with E-state index in [4.69, 9.17) is 25.8 Å². The number of hydrogen-bond donors (Lipinski definition) is 1. The van der Waals surface area contributed by atoms with Crippen LogP contribution in [-0.4, -0.2) is 24.7 Å². The van der Waals surface area contributed by atoms with Gasteiger partial charge in [-0.2, -0.15) is 0 Å². The van der Waals surface area contributed by atoms with Gasteiger partial charge in [0.05, 0.1) is 13.2 Å². The van der Waals surface area contributed by atoms with Crippen molar-refractivity contribution < 1.29 is 14.2 Å². The summed E-state index contributed by atoms with van der Waals surface area (Å²) < 4.78 is 18.4. The second-order valence-electron chi connectivity index (χ2n) is 6.79. The molecule has 7 heteroatoms. The molecule has 3 aromatic rings. The largest absolute Gasteiger partial charge is 0.490 e. The fourth-order valence-corrected chi connectivity index (χ4v) is 3.59. The summed E-state index contributed by atoms with van der Waals surface area (Å²) in [6.45, 7) is 5.09. The van der Waals surface area contributed by atoms with Gasteiger partial charge in [0, 0.05) is 28.3 Å². The highest BCUT2D eigenvalue weighted by Gasteiger charge is 2.11. The Hall–Kier alpha value is -2.28. The normalized spacial score (nSPS) is 10.7. The van der Waals surface area contributed by atoms with Crippen LogP contribution >= 0.6 is 27.5 Å². The van der Waals surface area contributed by atoms with Gasteiger partial charge in [0.15, 0.2) is 11.5 Å². The lowest BCUT2D eigenvalue weighted by Crippen LogP contribution is -2.17. The van der Waals surface area contributed by atoms with Crippen LogP contribution in [0.2, 0.25) is 5.02 Å². The molecule has 0 radical (unpaired) electrons. The highest BCUT2D eigenvalue weighted by molar-refractivity contribution is 9.10. The molecule has 0 saturated carbocycles. The SMILES string of the molecule is CCOc1cc(CNCCCOc2ccccn2)c(Br)cc1OCc1cccc(Cl)c1. The predicted octanol–water partition coefficient (Wildman–Crippen LogP) is 6.03. The van der Waals surface area contributed by atoms with Gasteiger partial charge in [-0.05, 0) is 61.3 Å². The maximum atomic E-state index is 6.06. The first-order chi connectivity index (χ1) is 15.2. The number of rotatable bonds is 12. The number of pyridine rings is 1. The fraction of sp³-hybridized carbons (Fsp3) is 0.292. The van der Waals surface area contributed by atoms with Gasteiger partial charge in [0.2, 0.25) is 5.88 Å². The average molecular weight is 506 g/mol. The maximum Gasteiger partial charge on any atom is 0.213 e. The Morgan fingerprint density at radius 1 is 1.00 bits per heavy atom. The summed E-state index contributed by atoms with van der Waals surface area (Å²) in [7, 11) is 0. The number of benzene rings is 2. The van der Waals surface area contributed by atoms with Crippen molar-refractivity contribution in [3.8, 4) is 17.4 Å². The molecule has 164 valence electrons. The molecular formula is C24H26BrClN2O3. The first-order valence-corrected chi connectivity index (χ1v) is 11.4. The number of aromatic nitrogens is 1. The van der Waals surface area contributed by atoms with Gasteiger partial charge in [-0.1, -0.05) is 45.7 Å². The molecule has 0 spiro atoms. The van der Waals surface area contributed by atoms with Crippen LogP contribution in [0.5, 0.6) is 17.4 Å². The van der Waals surface area contributed by atoms with E-state index in [1.807, 2.05) is 61.5 Å². The third-order valence-corrected chi connectivity index (χ3v) is 5.37. The lowest BCUT2D eigenvalue weighted by molar-refractivity contribution is 0.268. The van der Waals surface area contributed by atoms with E-state index >= 15 is 0 Å². The lowest BCUT2D eigenvalue weighted by Gasteiger charge is -2.16. The molecule has 1 aromatic heterocycles. The molecule has 0 aliphatic heterocycles. The summed E-state index contributed by atoms with van der Waals surface area (Å²) in [4.78, 5) is 4.15. The van der Waals surface area contributed by atoms with E-state index in [0.29, 0.717) is 43.0 Å². The summed E-state index contributed by atoms with van der Waals surface area (Å²) in [5.41, 5.74) is 2.11. The van der Waals surface area contributed by atoms with Crippen LogP contribution in [0, 0.1) is 0 Å². The molecule has 0 aliphatic carbocycles. The van der Waals surface area contributed by atoms with Gasteiger partial charge in [0.1, 0.15) is 6.61 Å². The lowest BCUT2D eigenvalue weighted by atomic mass is 10.2. The van der Waals surface area contributed by atoms with Crippen LogP contribution in [-0.2, 0) is 13.2 Å². The predicted molar refractivity (Wildman–Crippen MR) is 127 cm³/mol. The Labute approximate surface area is 196 Å². The molecule has 3 rings (SSSR count). The van der Waals surface area contributed by atoms with Crippen molar-refractivity contribution >= 4 is 27.5 Å². The van der Waals surface area contributed by atoms with Crippen molar-refractivity contribution in [2.45, 2.75) is 26.5 Å². The summed E-state index contributed by atoms with van der Waals surface area (Å²) >= 11 is 9.71. The van der Waals surface area contributed by atoms with Gasteiger partial charge >= 0.3 is 0 Å². The van der Waals surface area contributed by atoms with Crippen LogP contribution < -0.4 is 19.5 Å². The zero-order valence-corrected chi connectivity index (χ0v) is 19.8. The molecule has 1 heterocycles. The first-order valence-electron chi connectivity index (χ1n) is 10.2. The fourth-order valence-electron chi connectivity index (χ4n) is 2.91. The minimum atomic E-state index is 0.418. The van der Waals surface area contributed by atoms with Crippen molar-refractivity contribution in [3.05, 3.63) is 81.4 Å². The van der Waals surface area contributed by atoms with Crippen LogP contribution in [0.25, 0.3) is 0 Å². The van der Waals surface area contributed by atoms with E-state index in [9.17, 15) is 0 Å². The van der Waals surface area contributed by atoms with Crippen molar-refractivity contribution in [3.63, 3.8) is 0 Å². The standard InChI is InChI=1S/C24H26BrClN2O3/c1-2-29-22-14-19(16-27-10-6-12-30-24-9-3-4-11-28-24)21(25)15-23(22)31-17-18-7-5-8-20(26)13-18/h3-5,7-9,11,13-15,27H,2,6,10,12,16-17H2,1H3. The minimum absolute atomic E-state index is 0.418. The summed E-state index contributed by atoms with van der Waals surface area (Å²) in [6.07, 6.45) is 2.61. The average Bonchev–Trinajstić information content (AvgIpc) is 2.77. The van der Waals surface area contributed by atoms with Crippen molar-refractivity contribution in [2.24, 2.45) is 0 Å². The van der Waals surface area contributed by atoms with Crippen molar-refractivity contribution in [1.29, 1.82) is 0 Å². The van der Waals surface area contributed by atoms with Crippen LogP contribution in [0.3, 0.4) is 0 Å². The number of hydrogen-bond acceptors (Lipinski definition) is 5. The first kappa shape index (κ1) is 23.4. The van der Waals surface area contributed by atoms with Gasteiger partial charge in [-0.3, -0.25) is 0 Å². The van der Waals surface area contributed by atoms with Crippen molar-refractivity contribution in [2.75, 3.05) is 19.8 Å². The highest BCUT2D eigenvalue weighted by Crippen LogP contribution is 2.34. The molecule has 0 bridgehead atoms. The molecule has 5 nitrogen and oxygen atoms in total.